The summed E-state index contributed by atoms with van der Waals surface area (Å²) in [5, 5.41) is -0.0831. The fourth-order valence-corrected chi connectivity index (χ4v) is 3.41. The van der Waals surface area contributed by atoms with Gasteiger partial charge in [-0.15, -0.1) is 11.3 Å². The van der Waals surface area contributed by atoms with E-state index >= 15 is 0 Å². The molecule has 19 heavy (non-hydrogen) atoms. The Morgan fingerprint density at radius 3 is 2.58 bits per heavy atom. The molecule has 0 radical (unpaired) electrons. The van der Waals surface area contributed by atoms with Crippen LogP contribution < -0.4 is 0 Å². The van der Waals surface area contributed by atoms with E-state index in [1.165, 1.54) is 25.4 Å². The summed E-state index contributed by atoms with van der Waals surface area (Å²) in [6.45, 7) is 1.43. The normalized spacial score (nSPS) is 11.9. The van der Waals surface area contributed by atoms with Gasteiger partial charge in [-0.05, 0) is 28.1 Å². The summed E-state index contributed by atoms with van der Waals surface area (Å²) in [6.07, 6.45) is 0.0555. The minimum Gasteiger partial charge on any atom is -0.469 e. The Morgan fingerprint density at radius 1 is 1.42 bits per heavy atom. The molecule has 7 heteroatoms. The van der Waals surface area contributed by atoms with Gasteiger partial charge in [-0.3, -0.25) is 14.4 Å². The van der Waals surface area contributed by atoms with Crippen LogP contribution in [0.15, 0.2) is 15.9 Å². The van der Waals surface area contributed by atoms with Gasteiger partial charge in [-0.2, -0.15) is 0 Å². The molecule has 1 unspecified atom stereocenters. The summed E-state index contributed by atoms with van der Waals surface area (Å²) in [5.41, 5.74) is 0. The lowest BCUT2D eigenvalue weighted by molar-refractivity contribution is -0.144. The highest BCUT2D eigenvalue weighted by atomic mass is 79.9. The molecule has 0 aromatic carbocycles. The van der Waals surface area contributed by atoms with Crippen LogP contribution in [-0.4, -0.2) is 29.7 Å². The second-order valence-corrected chi connectivity index (χ2v) is 7.41. The number of thioether (sulfide) groups is 1. The number of methoxy groups -OCH3 is 1. The van der Waals surface area contributed by atoms with E-state index in [0.717, 1.165) is 15.5 Å². The van der Waals surface area contributed by atoms with Crippen molar-refractivity contribution in [3.63, 3.8) is 0 Å². The number of halogens is 1. The highest BCUT2D eigenvalue weighted by Crippen LogP contribution is 2.25. The van der Waals surface area contributed by atoms with E-state index in [4.69, 9.17) is 0 Å². The number of ketones is 1. The third-order valence-corrected chi connectivity index (χ3v) is 4.94. The summed E-state index contributed by atoms with van der Waals surface area (Å²) in [6, 6.07) is 3.50. The first kappa shape index (κ1) is 16.4. The molecule has 1 heterocycles. The monoisotopic (exact) mass is 364 g/mol. The van der Waals surface area contributed by atoms with E-state index in [1.807, 2.05) is 0 Å². The topological polar surface area (TPSA) is 60.4 Å². The molecule has 0 spiro atoms. The van der Waals surface area contributed by atoms with Gasteiger partial charge in [-0.25, -0.2) is 0 Å². The van der Waals surface area contributed by atoms with Crippen LogP contribution in [0.3, 0.4) is 0 Å². The molecule has 0 saturated heterocycles. The van der Waals surface area contributed by atoms with E-state index in [-0.39, 0.29) is 23.1 Å². The summed E-state index contributed by atoms with van der Waals surface area (Å²) in [5.74, 6) is -0.902. The zero-order valence-electron chi connectivity index (χ0n) is 10.5. The molecule has 0 fully saturated rings. The molecule has 4 nitrogen and oxygen atoms in total. The first-order valence-electron chi connectivity index (χ1n) is 5.43. The molecule has 0 aliphatic carbocycles. The number of esters is 1. The number of hydrogen-bond acceptors (Lipinski definition) is 6. The standard InChI is InChI=1S/C12H13BrO4S2/c1-7(14)18-6-8(12(16)17-2)5-9(15)10-3-4-11(13)19-10/h3-4,8H,5-6H2,1-2H3. The van der Waals surface area contributed by atoms with Crippen LogP contribution in [0.25, 0.3) is 0 Å². The Balaban J connectivity index is 2.68. The van der Waals surface area contributed by atoms with Crippen LogP contribution >= 0.6 is 39.0 Å². The van der Waals surface area contributed by atoms with Gasteiger partial charge in [0.05, 0.1) is 21.7 Å². The molecule has 0 amide bonds. The fraction of sp³-hybridized carbons (Fsp3) is 0.417. The van der Waals surface area contributed by atoms with Gasteiger partial charge in [0.1, 0.15) is 0 Å². The quantitative estimate of drug-likeness (QED) is 0.573. The zero-order valence-corrected chi connectivity index (χ0v) is 13.7. The Hall–Kier alpha value is -0.660. The number of carbonyl (C=O) groups is 3. The average Bonchev–Trinajstić information content (AvgIpc) is 2.79. The molecule has 104 valence electrons. The number of carbonyl (C=O) groups excluding carboxylic acids is 3. The fourth-order valence-electron chi connectivity index (χ4n) is 1.38. The van der Waals surface area contributed by atoms with E-state index in [1.54, 1.807) is 12.1 Å². The molecule has 0 saturated carbocycles. The smallest absolute Gasteiger partial charge is 0.309 e. The first-order chi connectivity index (χ1) is 8.93. The Morgan fingerprint density at radius 2 is 2.11 bits per heavy atom. The molecule has 1 atom stereocenters. The van der Waals surface area contributed by atoms with Gasteiger partial charge in [0, 0.05) is 19.1 Å². The van der Waals surface area contributed by atoms with Crippen LogP contribution in [0.5, 0.6) is 0 Å². The first-order valence-corrected chi connectivity index (χ1v) is 8.03. The van der Waals surface area contributed by atoms with Crippen molar-refractivity contribution in [3.8, 4) is 0 Å². The third-order valence-electron chi connectivity index (χ3n) is 2.30. The number of rotatable bonds is 6. The van der Waals surface area contributed by atoms with E-state index in [9.17, 15) is 14.4 Å². The van der Waals surface area contributed by atoms with Crippen LogP contribution in [0.1, 0.15) is 23.0 Å². The maximum Gasteiger partial charge on any atom is 0.309 e. The molecule has 0 bridgehead atoms. The van der Waals surface area contributed by atoms with Crippen molar-refractivity contribution < 1.29 is 19.1 Å². The van der Waals surface area contributed by atoms with Crippen LogP contribution in [0.4, 0.5) is 0 Å². The summed E-state index contributed by atoms with van der Waals surface area (Å²) < 4.78 is 5.53. The molecule has 1 rings (SSSR count). The average molecular weight is 365 g/mol. The van der Waals surface area contributed by atoms with Gasteiger partial charge in [0.15, 0.2) is 10.9 Å². The lowest BCUT2D eigenvalue weighted by Crippen LogP contribution is -2.22. The van der Waals surface area contributed by atoms with Gasteiger partial charge < -0.3 is 4.74 Å². The van der Waals surface area contributed by atoms with Crippen molar-refractivity contribution in [2.75, 3.05) is 12.9 Å². The van der Waals surface area contributed by atoms with Gasteiger partial charge in [-0.1, -0.05) is 11.8 Å². The van der Waals surface area contributed by atoms with Gasteiger partial charge in [0.25, 0.3) is 0 Å². The molecule has 0 aliphatic heterocycles. The van der Waals surface area contributed by atoms with E-state index in [0.29, 0.717) is 4.88 Å². The number of Topliss-reactive ketones (excluding diaryl/α,β-unsaturated/α-hetero) is 1. The molecular weight excluding hydrogens is 352 g/mol. The highest BCUT2D eigenvalue weighted by molar-refractivity contribution is 9.11. The van der Waals surface area contributed by atoms with Crippen molar-refractivity contribution >= 4 is 55.9 Å². The summed E-state index contributed by atoms with van der Waals surface area (Å²) in [7, 11) is 1.28. The maximum absolute atomic E-state index is 12.0. The Labute approximate surface area is 128 Å². The number of thiophene rings is 1. The maximum atomic E-state index is 12.0. The van der Waals surface area contributed by atoms with Crippen LogP contribution in [0, 0.1) is 5.92 Å². The van der Waals surface area contributed by atoms with Crippen molar-refractivity contribution in [1.82, 2.24) is 0 Å². The van der Waals surface area contributed by atoms with Crippen molar-refractivity contribution in [2.45, 2.75) is 13.3 Å². The lowest BCUT2D eigenvalue weighted by atomic mass is 10.0. The lowest BCUT2D eigenvalue weighted by Gasteiger charge is -2.12. The van der Waals surface area contributed by atoms with Crippen molar-refractivity contribution in [3.05, 3.63) is 20.8 Å². The molecule has 1 aromatic rings. The molecule has 1 aromatic heterocycles. The predicted octanol–water partition coefficient (Wildman–Crippen LogP) is 3.15. The predicted molar refractivity (Wildman–Crippen MR) is 79.6 cm³/mol. The molecular formula is C12H13BrO4S2. The minimum atomic E-state index is -0.590. The Kier molecular flexibility index (Phi) is 6.74. The SMILES string of the molecule is COC(=O)C(CSC(C)=O)CC(=O)c1ccc(Br)s1. The van der Waals surface area contributed by atoms with E-state index < -0.39 is 11.9 Å². The zero-order chi connectivity index (χ0) is 14.4. The number of hydrogen-bond donors (Lipinski definition) is 0. The van der Waals surface area contributed by atoms with Gasteiger partial charge in [0.2, 0.25) is 0 Å². The largest absolute Gasteiger partial charge is 0.469 e. The van der Waals surface area contributed by atoms with Crippen molar-refractivity contribution in [1.29, 1.82) is 0 Å². The Bertz CT molecular complexity index is 484. The second-order valence-electron chi connectivity index (χ2n) is 3.75. The minimum absolute atomic E-state index is 0.0555. The van der Waals surface area contributed by atoms with Gasteiger partial charge >= 0.3 is 5.97 Å². The van der Waals surface area contributed by atoms with E-state index in [2.05, 4.69) is 20.7 Å². The van der Waals surface area contributed by atoms with Crippen LogP contribution in [-0.2, 0) is 14.3 Å². The third kappa shape index (κ3) is 5.46. The molecule has 0 aliphatic rings. The summed E-state index contributed by atoms with van der Waals surface area (Å²) >= 11 is 5.64. The number of ether oxygens (including phenoxy) is 1. The highest BCUT2D eigenvalue weighted by Gasteiger charge is 2.24. The summed E-state index contributed by atoms with van der Waals surface area (Å²) in [4.78, 5) is 35.1. The molecule has 0 N–H and O–H groups in total. The van der Waals surface area contributed by atoms with Crippen LogP contribution in [0.2, 0.25) is 0 Å². The second kappa shape index (κ2) is 7.81. The van der Waals surface area contributed by atoms with Crippen molar-refractivity contribution in [2.24, 2.45) is 5.92 Å².